The highest BCUT2D eigenvalue weighted by molar-refractivity contribution is 5.86. The van der Waals surface area contributed by atoms with Gasteiger partial charge in [0.05, 0.1) is 6.21 Å². The molecular formula is C12H15N5O3. The standard InChI is InChI=1S/C12H15N5O3/c1-2-3-6-13-12(18)15-14-8-9-4-5-10-11(7-9)17(19)20-16-10/h4-5,7-8H,2-3,6H2,1H3,(H2,13,15,18)/b14-8+. The lowest BCUT2D eigenvalue weighted by atomic mass is 10.2. The third-order valence-electron chi connectivity index (χ3n) is 2.61. The summed E-state index contributed by atoms with van der Waals surface area (Å²) >= 11 is 0. The molecule has 0 spiro atoms. The molecule has 0 saturated heterocycles. The van der Waals surface area contributed by atoms with Crippen molar-refractivity contribution < 1.29 is 14.3 Å². The molecule has 2 rings (SSSR count). The van der Waals surface area contributed by atoms with E-state index in [1.807, 2.05) is 6.92 Å². The minimum atomic E-state index is -0.361. The number of hydrogen-bond acceptors (Lipinski definition) is 5. The van der Waals surface area contributed by atoms with Crippen LogP contribution in [0.4, 0.5) is 4.79 Å². The van der Waals surface area contributed by atoms with E-state index in [1.54, 1.807) is 18.2 Å². The molecule has 1 aromatic carbocycles. The van der Waals surface area contributed by atoms with Crippen LogP contribution in [-0.2, 0) is 0 Å². The second-order valence-corrected chi connectivity index (χ2v) is 4.16. The number of hydrazone groups is 1. The third kappa shape index (κ3) is 3.44. The molecule has 0 bridgehead atoms. The van der Waals surface area contributed by atoms with Gasteiger partial charge in [0.15, 0.2) is 0 Å². The summed E-state index contributed by atoms with van der Waals surface area (Å²) < 4.78 is 4.45. The van der Waals surface area contributed by atoms with E-state index in [0.717, 1.165) is 12.8 Å². The largest absolute Gasteiger partial charge is 0.359 e. The molecule has 1 heterocycles. The summed E-state index contributed by atoms with van der Waals surface area (Å²) in [6, 6.07) is 4.56. The number of rotatable bonds is 5. The van der Waals surface area contributed by atoms with Crippen LogP contribution in [0.5, 0.6) is 0 Å². The Bertz CT molecular complexity index is 623. The highest BCUT2D eigenvalue weighted by Gasteiger charge is 2.08. The van der Waals surface area contributed by atoms with Gasteiger partial charge in [-0.1, -0.05) is 13.3 Å². The fourth-order valence-electron chi connectivity index (χ4n) is 1.55. The zero-order valence-corrected chi connectivity index (χ0v) is 11.0. The molecule has 0 aliphatic carbocycles. The summed E-state index contributed by atoms with van der Waals surface area (Å²) in [5, 5.41) is 21.2. The maximum Gasteiger partial charge on any atom is 0.335 e. The van der Waals surface area contributed by atoms with Crippen LogP contribution in [0.1, 0.15) is 25.3 Å². The number of hydrogen-bond donors (Lipinski definition) is 2. The first-order valence-corrected chi connectivity index (χ1v) is 6.27. The number of carbonyl (C=O) groups excluding carboxylic acids is 1. The highest BCUT2D eigenvalue weighted by atomic mass is 16.8. The van der Waals surface area contributed by atoms with E-state index in [2.05, 4.69) is 25.6 Å². The Kier molecular flexibility index (Phi) is 4.48. The van der Waals surface area contributed by atoms with Crippen LogP contribution in [0.15, 0.2) is 27.9 Å². The van der Waals surface area contributed by atoms with Gasteiger partial charge in [0.2, 0.25) is 11.0 Å². The first-order chi connectivity index (χ1) is 9.70. The van der Waals surface area contributed by atoms with E-state index in [-0.39, 0.29) is 6.03 Å². The topological polar surface area (TPSA) is 106 Å². The average molecular weight is 277 g/mol. The highest BCUT2D eigenvalue weighted by Crippen LogP contribution is 2.08. The molecule has 1 aromatic heterocycles. The number of unbranched alkanes of at least 4 members (excludes halogenated alkanes) is 1. The quantitative estimate of drug-likeness (QED) is 0.366. The van der Waals surface area contributed by atoms with E-state index in [1.165, 1.54) is 6.21 Å². The molecule has 0 fully saturated rings. The van der Waals surface area contributed by atoms with Crippen molar-refractivity contribution in [1.82, 2.24) is 15.9 Å². The van der Waals surface area contributed by atoms with Gasteiger partial charge in [0.25, 0.3) is 0 Å². The molecule has 0 unspecified atom stereocenters. The summed E-state index contributed by atoms with van der Waals surface area (Å²) in [5.41, 5.74) is 3.76. The molecular weight excluding hydrogens is 262 g/mol. The lowest BCUT2D eigenvalue weighted by Gasteiger charge is -2.01. The molecule has 0 radical (unpaired) electrons. The molecule has 0 saturated carbocycles. The number of amides is 2. The minimum Gasteiger partial charge on any atom is -0.359 e. The molecule has 0 aliphatic heterocycles. The van der Waals surface area contributed by atoms with Crippen molar-refractivity contribution in [3.05, 3.63) is 29.0 Å². The molecule has 0 aliphatic rings. The minimum absolute atomic E-state index is 0.307. The van der Waals surface area contributed by atoms with Crippen molar-refractivity contribution in [1.29, 1.82) is 0 Å². The number of benzene rings is 1. The molecule has 8 heteroatoms. The number of urea groups is 1. The summed E-state index contributed by atoms with van der Waals surface area (Å²) in [6.07, 6.45) is 3.37. The van der Waals surface area contributed by atoms with Crippen LogP contribution in [0.25, 0.3) is 11.0 Å². The molecule has 106 valence electrons. The van der Waals surface area contributed by atoms with Gasteiger partial charge in [-0.05, 0) is 29.0 Å². The van der Waals surface area contributed by atoms with Crippen LogP contribution < -0.4 is 15.6 Å². The van der Waals surface area contributed by atoms with Crippen molar-refractivity contribution in [2.75, 3.05) is 6.54 Å². The van der Waals surface area contributed by atoms with Gasteiger partial charge >= 0.3 is 6.03 Å². The van der Waals surface area contributed by atoms with Crippen LogP contribution in [0.2, 0.25) is 0 Å². The van der Waals surface area contributed by atoms with Crippen LogP contribution in [0, 0.1) is 5.21 Å². The smallest absolute Gasteiger partial charge is 0.335 e. The van der Waals surface area contributed by atoms with Crippen LogP contribution in [0.3, 0.4) is 0 Å². The Morgan fingerprint density at radius 1 is 1.60 bits per heavy atom. The van der Waals surface area contributed by atoms with Gasteiger partial charge in [-0.15, -0.1) is 0 Å². The lowest BCUT2D eigenvalue weighted by molar-refractivity contribution is -0.782. The average Bonchev–Trinajstić information content (AvgIpc) is 2.81. The van der Waals surface area contributed by atoms with Gasteiger partial charge in [0.1, 0.15) is 0 Å². The monoisotopic (exact) mass is 277 g/mol. The SMILES string of the molecule is CCCCNC(=O)N/N=C/c1ccc2no[n+]([O-])c2c1. The summed E-state index contributed by atoms with van der Waals surface area (Å²) in [6.45, 7) is 2.65. The first-order valence-electron chi connectivity index (χ1n) is 6.27. The third-order valence-corrected chi connectivity index (χ3v) is 2.61. The number of nitrogens with one attached hydrogen (secondary N) is 2. The number of carbonyl (C=O) groups is 1. The Hall–Kier alpha value is -2.64. The molecule has 0 atom stereocenters. The Morgan fingerprint density at radius 3 is 3.25 bits per heavy atom. The van der Waals surface area contributed by atoms with Gasteiger partial charge in [0, 0.05) is 17.8 Å². The maximum absolute atomic E-state index is 11.3. The second-order valence-electron chi connectivity index (χ2n) is 4.16. The molecule has 2 amide bonds. The summed E-state index contributed by atoms with van der Waals surface area (Å²) in [5.74, 6) is 0. The summed E-state index contributed by atoms with van der Waals surface area (Å²) in [4.78, 5) is 11.6. The Morgan fingerprint density at radius 2 is 2.45 bits per heavy atom. The van der Waals surface area contributed by atoms with Crippen molar-refractivity contribution >= 4 is 23.3 Å². The van der Waals surface area contributed by atoms with E-state index in [0.29, 0.717) is 28.0 Å². The number of aromatic nitrogens is 2. The van der Waals surface area contributed by atoms with E-state index in [9.17, 15) is 10.0 Å². The predicted molar refractivity (Wildman–Crippen MR) is 72.0 cm³/mol. The Balaban J connectivity index is 1.92. The lowest BCUT2D eigenvalue weighted by Crippen LogP contribution is -2.32. The molecule has 20 heavy (non-hydrogen) atoms. The van der Waals surface area contributed by atoms with E-state index >= 15 is 0 Å². The number of nitrogens with zero attached hydrogens (tertiary/aromatic N) is 3. The van der Waals surface area contributed by atoms with Crippen molar-refractivity contribution in [2.24, 2.45) is 5.10 Å². The van der Waals surface area contributed by atoms with E-state index < -0.39 is 0 Å². The van der Waals surface area contributed by atoms with Gasteiger partial charge in [-0.3, -0.25) is 4.63 Å². The predicted octanol–water partition coefficient (Wildman–Crippen LogP) is 0.894. The zero-order chi connectivity index (χ0) is 14.4. The molecule has 8 nitrogen and oxygen atoms in total. The number of fused-ring (bicyclic) bond motifs is 1. The fraction of sp³-hybridized carbons (Fsp3) is 0.333. The zero-order valence-electron chi connectivity index (χ0n) is 11.0. The van der Waals surface area contributed by atoms with E-state index in [4.69, 9.17) is 0 Å². The fourth-order valence-corrected chi connectivity index (χ4v) is 1.55. The first kappa shape index (κ1) is 13.8. The van der Waals surface area contributed by atoms with Gasteiger partial charge < -0.3 is 10.5 Å². The maximum atomic E-state index is 11.3. The van der Waals surface area contributed by atoms with Gasteiger partial charge in [-0.2, -0.15) is 5.10 Å². The van der Waals surface area contributed by atoms with Crippen molar-refractivity contribution in [3.63, 3.8) is 0 Å². The van der Waals surface area contributed by atoms with Crippen LogP contribution >= 0.6 is 0 Å². The second kappa shape index (κ2) is 6.50. The normalized spacial score (nSPS) is 11.1. The molecule has 2 N–H and O–H groups in total. The Labute approximate surface area is 115 Å². The summed E-state index contributed by atoms with van der Waals surface area (Å²) in [7, 11) is 0. The van der Waals surface area contributed by atoms with Crippen molar-refractivity contribution in [2.45, 2.75) is 19.8 Å². The van der Waals surface area contributed by atoms with Crippen LogP contribution in [-0.4, -0.2) is 23.9 Å². The molecule has 2 aromatic rings. The van der Waals surface area contributed by atoms with Crippen molar-refractivity contribution in [3.8, 4) is 0 Å². The van der Waals surface area contributed by atoms with Gasteiger partial charge in [-0.25, -0.2) is 10.2 Å².